The Morgan fingerprint density at radius 2 is 2.24 bits per heavy atom. The van der Waals surface area contributed by atoms with E-state index in [0.717, 1.165) is 12.8 Å². The highest BCUT2D eigenvalue weighted by molar-refractivity contribution is 8.00. The highest BCUT2D eigenvalue weighted by atomic mass is 32.2. The van der Waals surface area contributed by atoms with E-state index in [1.807, 2.05) is 4.57 Å². The van der Waals surface area contributed by atoms with Gasteiger partial charge >= 0.3 is 7.82 Å². The minimum absolute atomic E-state index is 0.0230. The molecular weight excluding hydrogens is 317 g/mol. The first-order chi connectivity index (χ1) is 9.94. The van der Waals surface area contributed by atoms with Gasteiger partial charge < -0.3 is 20.1 Å². The van der Waals surface area contributed by atoms with Gasteiger partial charge in [0.25, 0.3) is 0 Å². The van der Waals surface area contributed by atoms with Gasteiger partial charge in [0.1, 0.15) is 11.8 Å². The Morgan fingerprint density at radius 1 is 1.43 bits per heavy atom. The van der Waals surface area contributed by atoms with Gasteiger partial charge in [0.15, 0.2) is 11.5 Å². The van der Waals surface area contributed by atoms with Crippen molar-refractivity contribution in [2.75, 3.05) is 12.3 Å². The fourth-order valence-electron chi connectivity index (χ4n) is 2.27. The lowest BCUT2D eigenvalue weighted by atomic mass is 10.2. The average Bonchev–Trinajstić information content (AvgIpc) is 3.02. The van der Waals surface area contributed by atoms with Crippen molar-refractivity contribution in [1.29, 1.82) is 0 Å². The van der Waals surface area contributed by atoms with Crippen molar-refractivity contribution < 1.29 is 18.9 Å². The largest absolute Gasteiger partial charge is 0.469 e. The summed E-state index contributed by atoms with van der Waals surface area (Å²) in [6, 6.07) is 0. The zero-order chi connectivity index (χ0) is 15.0. The van der Waals surface area contributed by atoms with Crippen molar-refractivity contribution in [2.45, 2.75) is 23.5 Å². The summed E-state index contributed by atoms with van der Waals surface area (Å²) in [4.78, 5) is 29.8. The van der Waals surface area contributed by atoms with E-state index >= 15 is 0 Å². The molecule has 0 spiro atoms. The number of fused-ring (bicyclic) bond motifs is 1. The zero-order valence-electron chi connectivity index (χ0n) is 10.9. The lowest BCUT2D eigenvalue weighted by Gasteiger charge is -2.13. The highest BCUT2D eigenvalue weighted by Crippen LogP contribution is 2.45. The Hall–Kier alpha value is -1.19. The second-order valence-corrected chi connectivity index (χ2v) is 7.38. The van der Waals surface area contributed by atoms with Crippen LogP contribution in [0.2, 0.25) is 0 Å². The number of phosphoric acid groups is 1. The van der Waals surface area contributed by atoms with Crippen LogP contribution in [-0.2, 0) is 9.09 Å². The number of thioether (sulfide) groups is 1. The lowest BCUT2D eigenvalue weighted by Crippen LogP contribution is -2.07. The molecule has 0 bridgehead atoms. The number of rotatable bonds is 4. The maximum absolute atomic E-state index is 10.7. The Labute approximate surface area is 124 Å². The minimum Gasteiger partial charge on any atom is -0.382 e. The molecule has 21 heavy (non-hydrogen) atoms. The summed E-state index contributed by atoms with van der Waals surface area (Å²) in [5.41, 5.74) is 6.98. The molecule has 9 nitrogen and oxygen atoms in total. The molecule has 1 fully saturated rings. The van der Waals surface area contributed by atoms with Gasteiger partial charge in [-0.05, 0) is 12.8 Å². The fourth-order valence-corrected chi connectivity index (χ4v) is 4.17. The molecule has 2 atom stereocenters. The number of nitrogens with two attached hydrogens (primary N) is 1. The van der Waals surface area contributed by atoms with E-state index in [-0.39, 0.29) is 17.2 Å². The molecule has 114 valence electrons. The van der Waals surface area contributed by atoms with E-state index in [1.54, 1.807) is 18.1 Å². The van der Waals surface area contributed by atoms with Crippen LogP contribution in [0.4, 0.5) is 5.82 Å². The van der Waals surface area contributed by atoms with Gasteiger partial charge in [0.2, 0.25) is 0 Å². The normalized spacial score (nSPS) is 23.0. The summed E-state index contributed by atoms with van der Waals surface area (Å²) in [5, 5.41) is 0.119. The molecule has 0 unspecified atom stereocenters. The minimum atomic E-state index is -4.41. The number of aromatic nitrogens is 4. The first kappa shape index (κ1) is 14.7. The molecule has 0 aliphatic carbocycles. The number of hydrogen-bond donors (Lipinski definition) is 3. The second kappa shape index (κ2) is 5.54. The Balaban J connectivity index is 1.73. The molecule has 1 aliphatic rings. The van der Waals surface area contributed by atoms with Gasteiger partial charge in [-0.3, -0.25) is 4.52 Å². The third-order valence-electron chi connectivity index (χ3n) is 3.21. The summed E-state index contributed by atoms with van der Waals surface area (Å²) >= 11 is 1.58. The van der Waals surface area contributed by atoms with Crippen LogP contribution in [0.3, 0.4) is 0 Å². The first-order valence-electron chi connectivity index (χ1n) is 6.22. The van der Waals surface area contributed by atoms with Crippen LogP contribution in [0.1, 0.15) is 18.2 Å². The molecule has 3 heterocycles. The predicted octanol–water partition coefficient (Wildman–Crippen LogP) is 0.912. The summed E-state index contributed by atoms with van der Waals surface area (Å²) in [7, 11) is -4.41. The molecule has 0 saturated carbocycles. The second-order valence-electron chi connectivity index (χ2n) is 4.66. The average molecular weight is 331 g/mol. The molecule has 2 aromatic rings. The van der Waals surface area contributed by atoms with Crippen LogP contribution in [-0.4, -0.2) is 41.2 Å². The third-order valence-corrected chi connectivity index (χ3v) is 5.23. The standard InChI is InChI=1S/C10H14N5O4PS/c11-9-8-10(13-4-12-9)15(5-14-8)7-2-1-6(21-7)3-19-20(16,17)18/h4-7H,1-3H2,(H2,11,12,13)(H2,16,17,18)/t6-,7+/m0/s1. The van der Waals surface area contributed by atoms with Crippen LogP contribution in [0.25, 0.3) is 11.2 Å². The van der Waals surface area contributed by atoms with E-state index in [9.17, 15) is 4.57 Å². The van der Waals surface area contributed by atoms with Gasteiger partial charge in [-0.15, -0.1) is 11.8 Å². The molecule has 2 aromatic heterocycles. The number of hydrogen-bond acceptors (Lipinski definition) is 7. The molecular formula is C10H14N5O4PS. The summed E-state index contributed by atoms with van der Waals surface area (Å²) in [6.45, 7) is 0.0230. The lowest BCUT2D eigenvalue weighted by molar-refractivity contribution is 0.197. The smallest absolute Gasteiger partial charge is 0.382 e. The fraction of sp³-hybridized carbons (Fsp3) is 0.500. The summed E-state index contributed by atoms with van der Waals surface area (Å²) in [5.74, 6) is 0.336. The first-order valence-corrected chi connectivity index (χ1v) is 8.70. The van der Waals surface area contributed by atoms with E-state index < -0.39 is 7.82 Å². The van der Waals surface area contributed by atoms with Crippen molar-refractivity contribution in [1.82, 2.24) is 19.5 Å². The van der Waals surface area contributed by atoms with Crippen molar-refractivity contribution in [3.8, 4) is 0 Å². The van der Waals surface area contributed by atoms with Crippen LogP contribution in [0.5, 0.6) is 0 Å². The van der Waals surface area contributed by atoms with Crippen molar-refractivity contribution in [3.05, 3.63) is 12.7 Å². The number of phosphoric ester groups is 1. The van der Waals surface area contributed by atoms with Crippen LogP contribution in [0.15, 0.2) is 12.7 Å². The molecule has 4 N–H and O–H groups in total. The van der Waals surface area contributed by atoms with Gasteiger partial charge in [0.05, 0.1) is 18.3 Å². The van der Waals surface area contributed by atoms with E-state index in [4.69, 9.17) is 15.5 Å². The van der Waals surface area contributed by atoms with Crippen LogP contribution >= 0.6 is 19.6 Å². The molecule has 1 saturated heterocycles. The van der Waals surface area contributed by atoms with Gasteiger partial charge in [-0.1, -0.05) is 0 Å². The maximum Gasteiger partial charge on any atom is 0.469 e. The van der Waals surface area contributed by atoms with Crippen LogP contribution < -0.4 is 5.73 Å². The summed E-state index contributed by atoms with van der Waals surface area (Å²) in [6.07, 6.45) is 4.70. The van der Waals surface area contributed by atoms with E-state index in [2.05, 4.69) is 19.5 Å². The van der Waals surface area contributed by atoms with Crippen molar-refractivity contribution in [3.63, 3.8) is 0 Å². The van der Waals surface area contributed by atoms with Crippen molar-refractivity contribution in [2.24, 2.45) is 0 Å². The van der Waals surface area contributed by atoms with Gasteiger partial charge in [0, 0.05) is 5.25 Å². The molecule has 0 radical (unpaired) electrons. The quantitative estimate of drug-likeness (QED) is 0.698. The number of nitrogen functional groups attached to an aromatic ring is 1. The molecule has 0 aromatic carbocycles. The highest BCUT2D eigenvalue weighted by Gasteiger charge is 2.30. The van der Waals surface area contributed by atoms with Gasteiger partial charge in [-0.25, -0.2) is 19.5 Å². The number of nitrogens with zero attached hydrogens (tertiary/aromatic N) is 4. The molecule has 0 amide bonds. The van der Waals surface area contributed by atoms with Crippen molar-refractivity contribution >= 4 is 36.6 Å². The topological polar surface area (TPSA) is 136 Å². The number of imidazole rings is 1. The Kier molecular flexibility index (Phi) is 3.89. The van der Waals surface area contributed by atoms with Crippen LogP contribution in [0, 0.1) is 0 Å². The predicted molar refractivity (Wildman–Crippen MR) is 77.4 cm³/mol. The SMILES string of the molecule is Nc1ncnc2c1ncn2[C@H]1CC[C@@H](COP(=O)(O)O)S1. The van der Waals surface area contributed by atoms with E-state index in [0.29, 0.717) is 17.0 Å². The molecule has 1 aliphatic heterocycles. The Morgan fingerprint density at radius 3 is 3.00 bits per heavy atom. The third kappa shape index (κ3) is 3.19. The summed E-state index contributed by atoms with van der Waals surface area (Å²) < 4.78 is 17.2. The van der Waals surface area contributed by atoms with Gasteiger partial charge in [-0.2, -0.15) is 0 Å². The molecule has 11 heteroatoms. The molecule has 3 rings (SSSR count). The van der Waals surface area contributed by atoms with E-state index in [1.165, 1.54) is 6.33 Å². The zero-order valence-corrected chi connectivity index (χ0v) is 12.6. The number of anilines is 1. The Bertz CT molecular complexity index is 704. The maximum atomic E-state index is 10.7. The monoisotopic (exact) mass is 331 g/mol.